The fourth-order valence-corrected chi connectivity index (χ4v) is 3.81. The van der Waals surface area contributed by atoms with Gasteiger partial charge in [-0.05, 0) is 37.3 Å². The first-order chi connectivity index (χ1) is 14.4. The minimum atomic E-state index is -3.94. The zero-order valence-electron chi connectivity index (χ0n) is 16.1. The molecular formula is C21H20FN3O4S. The number of sulfone groups is 1. The lowest BCUT2D eigenvalue weighted by Crippen LogP contribution is -2.23. The number of aromatic nitrogens is 2. The predicted molar refractivity (Wildman–Crippen MR) is 110 cm³/mol. The molecule has 0 aliphatic carbocycles. The summed E-state index contributed by atoms with van der Waals surface area (Å²) in [5.74, 6) is -0.640. The monoisotopic (exact) mass is 429 g/mol. The Hall–Kier alpha value is -3.46. The quantitative estimate of drug-likeness (QED) is 0.572. The van der Waals surface area contributed by atoms with Crippen LogP contribution in [-0.4, -0.2) is 37.7 Å². The predicted octanol–water partition coefficient (Wildman–Crippen LogP) is 3.33. The average Bonchev–Trinajstić information content (AvgIpc) is 3.22. The fraction of sp³-hybridized carbons (Fsp3) is 0.143. The molecule has 1 amide bonds. The van der Waals surface area contributed by atoms with Gasteiger partial charge in [0.2, 0.25) is 9.84 Å². The molecule has 1 aromatic heterocycles. The number of nitrogens with zero attached hydrogens (tertiary/aromatic N) is 1. The van der Waals surface area contributed by atoms with Gasteiger partial charge in [0.05, 0.1) is 12.3 Å². The average molecular weight is 429 g/mol. The van der Waals surface area contributed by atoms with Crippen molar-refractivity contribution in [1.82, 2.24) is 15.5 Å². The molecule has 0 fully saturated rings. The Morgan fingerprint density at radius 2 is 1.93 bits per heavy atom. The second-order valence-electron chi connectivity index (χ2n) is 6.15. The van der Waals surface area contributed by atoms with E-state index in [4.69, 9.17) is 4.74 Å². The largest absolute Gasteiger partial charge is 0.493 e. The van der Waals surface area contributed by atoms with Gasteiger partial charge in [0, 0.05) is 17.5 Å². The molecule has 2 aromatic carbocycles. The van der Waals surface area contributed by atoms with E-state index in [9.17, 15) is 17.6 Å². The molecule has 2 N–H and O–H groups in total. The number of benzene rings is 2. The van der Waals surface area contributed by atoms with Crippen LogP contribution in [0.25, 0.3) is 11.3 Å². The molecule has 0 spiro atoms. The Balaban J connectivity index is 1.64. The number of rotatable bonds is 8. The summed E-state index contributed by atoms with van der Waals surface area (Å²) >= 11 is 0. The van der Waals surface area contributed by atoms with E-state index in [-0.39, 0.29) is 12.2 Å². The van der Waals surface area contributed by atoms with Crippen molar-refractivity contribution in [2.45, 2.75) is 11.8 Å². The topological polar surface area (TPSA) is 101 Å². The van der Waals surface area contributed by atoms with E-state index in [0.717, 1.165) is 17.0 Å². The van der Waals surface area contributed by atoms with Gasteiger partial charge < -0.3 is 10.1 Å². The third-order valence-corrected chi connectivity index (χ3v) is 5.58. The number of H-pyrrole nitrogens is 1. The molecule has 9 heteroatoms. The maximum Gasteiger partial charge on any atom is 0.269 e. The van der Waals surface area contributed by atoms with E-state index < -0.39 is 26.5 Å². The highest BCUT2D eigenvalue weighted by atomic mass is 32.2. The van der Waals surface area contributed by atoms with Crippen molar-refractivity contribution < 1.29 is 22.3 Å². The number of halogens is 1. The smallest absolute Gasteiger partial charge is 0.269 e. The molecule has 0 atom stereocenters. The third kappa shape index (κ3) is 4.93. The molecular weight excluding hydrogens is 409 g/mol. The van der Waals surface area contributed by atoms with Gasteiger partial charge in [-0.25, -0.2) is 12.8 Å². The summed E-state index contributed by atoms with van der Waals surface area (Å²) in [6.07, 6.45) is 1.24. The zero-order chi connectivity index (χ0) is 21.6. The molecule has 0 aliphatic heterocycles. The summed E-state index contributed by atoms with van der Waals surface area (Å²) in [5.41, 5.74) is 1.49. The second-order valence-corrected chi connectivity index (χ2v) is 7.96. The Bertz CT molecular complexity index is 1170. The van der Waals surface area contributed by atoms with E-state index in [1.54, 1.807) is 6.07 Å². The van der Waals surface area contributed by atoms with Crippen molar-refractivity contribution in [2.24, 2.45) is 0 Å². The first kappa shape index (κ1) is 21.3. The Kier molecular flexibility index (Phi) is 6.63. The molecule has 0 saturated heterocycles. The van der Waals surface area contributed by atoms with Crippen molar-refractivity contribution in [3.8, 4) is 17.0 Å². The summed E-state index contributed by atoms with van der Waals surface area (Å²) in [6, 6.07) is 14.0. The molecule has 0 radical (unpaired) electrons. The number of hydrogen-bond acceptors (Lipinski definition) is 5. The zero-order valence-corrected chi connectivity index (χ0v) is 16.9. The van der Waals surface area contributed by atoms with Crippen LogP contribution in [0.2, 0.25) is 0 Å². The normalized spacial score (nSPS) is 11.5. The maximum atomic E-state index is 13.7. The first-order valence-corrected chi connectivity index (χ1v) is 10.7. The van der Waals surface area contributed by atoms with Crippen molar-refractivity contribution in [1.29, 1.82) is 0 Å². The lowest BCUT2D eigenvalue weighted by molar-refractivity contribution is 0.0953. The number of amides is 1. The molecule has 7 nitrogen and oxygen atoms in total. The Labute approximate surface area is 173 Å². The second kappa shape index (κ2) is 9.36. The molecule has 3 rings (SSSR count). The van der Waals surface area contributed by atoms with E-state index in [1.165, 1.54) is 24.3 Å². The summed E-state index contributed by atoms with van der Waals surface area (Å²) in [5, 5.41) is 10.2. The highest BCUT2D eigenvalue weighted by molar-refractivity contribution is 7.94. The summed E-state index contributed by atoms with van der Waals surface area (Å²) in [6.45, 7) is 2.31. The molecule has 1 heterocycles. The maximum absolute atomic E-state index is 13.7. The number of nitrogens with one attached hydrogen (secondary N) is 2. The highest BCUT2D eigenvalue weighted by Gasteiger charge is 2.16. The van der Waals surface area contributed by atoms with Gasteiger partial charge in [-0.2, -0.15) is 5.10 Å². The Morgan fingerprint density at radius 3 is 2.70 bits per heavy atom. The van der Waals surface area contributed by atoms with Crippen LogP contribution in [0.3, 0.4) is 0 Å². The van der Waals surface area contributed by atoms with Gasteiger partial charge in [-0.15, -0.1) is 0 Å². The van der Waals surface area contributed by atoms with Gasteiger partial charge in [-0.3, -0.25) is 9.89 Å². The molecule has 0 unspecified atom stereocenters. The standard InChI is InChI=1S/C21H20FN3O4S/c1-2-29-19-10-5-3-8-15(19)17-14-18(25-24-17)21(26)23-12-7-13-30(27,28)20-11-6-4-9-16(20)22/h3-11,13-14H,2,12H2,1H3,(H,23,26)(H,24,25)/b13-7+. The van der Waals surface area contributed by atoms with Crippen molar-refractivity contribution in [2.75, 3.05) is 13.2 Å². The molecule has 0 bridgehead atoms. The number of carbonyl (C=O) groups is 1. The lowest BCUT2D eigenvalue weighted by Gasteiger charge is -2.07. The summed E-state index contributed by atoms with van der Waals surface area (Å²) in [4.78, 5) is 11.9. The third-order valence-electron chi connectivity index (χ3n) is 4.08. The number of carbonyl (C=O) groups excluding carboxylic acids is 1. The van der Waals surface area contributed by atoms with E-state index in [1.807, 2.05) is 31.2 Å². The van der Waals surface area contributed by atoms with Crippen molar-refractivity contribution >= 4 is 15.7 Å². The van der Waals surface area contributed by atoms with Crippen LogP contribution in [0.1, 0.15) is 17.4 Å². The number of para-hydroxylation sites is 1. The lowest BCUT2D eigenvalue weighted by atomic mass is 10.1. The minimum absolute atomic E-state index is 0.0591. The van der Waals surface area contributed by atoms with Crippen LogP contribution in [0, 0.1) is 5.82 Å². The van der Waals surface area contributed by atoms with Gasteiger partial charge in [-0.1, -0.05) is 30.3 Å². The van der Waals surface area contributed by atoms with E-state index >= 15 is 0 Å². The van der Waals surface area contributed by atoms with Crippen LogP contribution < -0.4 is 10.1 Å². The summed E-state index contributed by atoms with van der Waals surface area (Å²) in [7, 11) is -3.94. The SMILES string of the molecule is CCOc1ccccc1-c1cc(C(=O)NC/C=C/S(=O)(=O)c2ccccc2F)[nH]n1. The first-order valence-electron chi connectivity index (χ1n) is 9.14. The van der Waals surface area contributed by atoms with Gasteiger partial charge in [0.25, 0.3) is 5.91 Å². The van der Waals surface area contributed by atoms with Crippen LogP contribution >= 0.6 is 0 Å². The summed E-state index contributed by atoms with van der Waals surface area (Å²) < 4.78 is 43.5. The van der Waals surface area contributed by atoms with Crippen molar-refractivity contribution in [3.63, 3.8) is 0 Å². The van der Waals surface area contributed by atoms with Gasteiger partial charge >= 0.3 is 0 Å². The number of aromatic amines is 1. The van der Waals surface area contributed by atoms with Gasteiger partial charge in [0.1, 0.15) is 22.2 Å². The van der Waals surface area contributed by atoms with Crippen LogP contribution in [-0.2, 0) is 9.84 Å². The number of ether oxygens (including phenoxy) is 1. The van der Waals surface area contributed by atoms with Crippen molar-refractivity contribution in [3.05, 3.63) is 77.6 Å². The number of hydrogen-bond donors (Lipinski definition) is 2. The fourth-order valence-electron chi connectivity index (χ4n) is 2.71. The highest BCUT2D eigenvalue weighted by Crippen LogP contribution is 2.28. The molecule has 30 heavy (non-hydrogen) atoms. The van der Waals surface area contributed by atoms with E-state index in [2.05, 4.69) is 15.5 Å². The molecule has 156 valence electrons. The Morgan fingerprint density at radius 1 is 1.20 bits per heavy atom. The molecule has 0 saturated carbocycles. The van der Waals surface area contributed by atoms with E-state index in [0.29, 0.717) is 18.1 Å². The van der Waals surface area contributed by atoms with Crippen LogP contribution in [0.15, 0.2) is 71.0 Å². The van der Waals surface area contributed by atoms with Crippen LogP contribution in [0.4, 0.5) is 4.39 Å². The molecule has 0 aliphatic rings. The van der Waals surface area contributed by atoms with Crippen LogP contribution in [0.5, 0.6) is 5.75 Å². The minimum Gasteiger partial charge on any atom is -0.493 e. The van der Waals surface area contributed by atoms with Gasteiger partial charge in [0.15, 0.2) is 0 Å². The molecule has 3 aromatic rings.